The van der Waals surface area contributed by atoms with Crippen molar-refractivity contribution in [3.05, 3.63) is 59.7 Å². The van der Waals surface area contributed by atoms with Gasteiger partial charge in [-0.25, -0.2) is 0 Å². The van der Waals surface area contributed by atoms with Gasteiger partial charge in [-0.1, -0.05) is 44.2 Å². The lowest BCUT2D eigenvalue weighted by atomic mass is 10.0. The van der Waals surface area contributed by atoms with Gasteiger partial charge in [0.2, 0.25) is 0 Å². The molecule has 4 nitrogen and oxygen atoms in total. The third-order valence-corrected chi connectivity index (χ3v) is 4.13. The van der Waals surface area contributed by atoms with Crippen molar-refractivity contribution in [2.45, 2.75) is 39.3 Å². The molecule has 4 heteroatoms. The summed E-state index contributed by atoms with van der Waals surface area (Å²) in [5.74, 6) is 1.01. The number of nitrogens with zero attached hydrogens (tertiary/aromatic N) is 1. The predicted octanol–water partition coefficient (Wildman–Crippen LogP) is 3.96. The van der Waals surface area contributed by atoms with Gasteiger partial charge in [-0.15, -0.1) is 0 Å². The van der Waals surface area contributed by atoms with Crippen LogP contribution >= 0.6 is 0 Å². The number of rotatable bonds is 7. The average Bonchev–Trinajstić information content (AvgIpc) is 2.60. The lowest BCUT2D eigenvalue weighted by molar-refractivity contribution is -0.127. The Morgan fingerprint density at radius 1 is 1.04 bits per heavy atom. The highest BCUT2D eigenvalue weighted by Gasteiger charge is 2.16. The number of hydrogen-bond acceptors (Lipinski definition) is 3. The summed E-state index contributed by atoms with van der Waals surface area (Å²) in [6.45, 7) is 6.50. The minimum Gasteiger partial charge on any atom is -0.481 e. The van der Waals surface area contributed by atoms with E-state index in [0.717, 1.165) is 22.6 Å². The minimum atomic E-state index is -0.541. The zero-order valence-electron chi connectivity index (χ0n) is 15.7. The summed E-state index contributed by atoms with van der Waals surface area (Å²) in [6.07, 6.45) is -0.541. The van der Waals surface area contributed by atoms with Crippen LogP contribution < -0.4 is 15.0 Å². The van der Waals surface area contributed by atoms with Crippen molar-refractivity contribution < 1.29 is 9.53 Å². The molecule has 1 atom stereocenters. The topological polar surface area (TPSA) is 41.6 Å². The molecular formula is C21H28N2O2. The largest absolute Gasteiger partial charge is 0.481 e. The molecule has 0 aliphatic carbocycles. The molecule has 0 fully saturated rings. The highest BCUT2D eigenvalue weighted by Crippen LogP contribution is 2.26. The molecule has 25 heavy (non-hydrogen) atoms. The Hall–Kier alpha value is -2.49. The minimum absolute atomic E-state index is 0.116. The van der Waals surface area contributed by atoms with Gasteiger partial charge < -0.3 is 15.0 Å². The molecule has 0 saturated heterocycles. The molecule has 0 aliphatic rings. The lowest BCUT2D eigenvalue weighted by Crippen LogP contribution is -2.36. The Bertz CT molecular complexity index is 693. The fourth-order valence-electron chi connectivity index (χ4n) is 2.55. The van der Waals surface area contributed by atoms with Crippen molar-refractivity contribution in [1.82, 2.24) is 5.32 Å². The molecule has 1 amide bonds. The smallest absolute Gasteiger partial charge is 0.261 e. The van der Waals surface area contributed by atoms with Crippen LogP contribution in [0.1, 0.15) is 37.8 Å². The monoisotopic (exact) mass is 340 g/mol. The first-order valence-corrected chi connectivity index (χ1v) is 8.68. The number of hydrogen-bond donors (Lipinski definition) is 1. The Kier molecular flexibility index (Phi) is 6.45. The van der Waals surface area contributed by atoms with Crippen LogP contribution in [0.15, 0.2) is 48.5 Å². The zero-order chi connectivity index (χ0) is 18.4. The third-order valence-electron chi connectivity index (χ3n) is 4.13. The fourth-order valence-corrected chi connectivity index (χ4v) is 2.55. The van der Waals surface area contributed by atoms with Crippen LogP contribution in [0.3, 0.4) is 0 Å². The summed E-state index contributed by atoms with van der Waals surface area (Å²) in [6, 6.07) is 16.0. The van der Waals surface area contributed by atoms with Crippen LogP contribution in [0.2, 0.25) is 0 Å². The molecule has 0 aromatic heterocycles. The maximum atomic E-state index is 12.3. The SMILES string of the molecule is CC(Oc1ccccc1C(C)C)C(=O)NCc1ccc(N(C)C)cc1. The number of amides is 1. The second-order valence-corrected chi connectivity index (χ2v) is 6.73. The van der Waals surface area contributed by atoms with E-state index in [1.807, 2.05) is 67.5 Å². The number of benzene rings is 2. The molecule has 0 spiro atoms. The van der Waals surface area contributed by atoms with E-state index < -0.39 is 6.10 Å². The van der Waals surface area contributed by atoms with Gasteiger partial charge in [-0.05, 0) is 42.2 Å². The number of carbonyl (C=O) groups excluding carboxylic acids is 1. The molecule has 2 aromatic carbocycles. The summed E-state index contributed by atoms with van der Waals surface area (Å²) < 4.78 is 5.89. The van der Waals surface area contributed by atoms with Gasteiger partial charge in [-0.3, -0.25) is 4.79 Å². The quantitative estimate of drug-likeness (QED) is 0.829. The standard InChI is InChI=1S/C21H28N2O2/c1-15(2)19-8-6-7-9-20(19)25-16(3)21(24)22-14-17-10-12-18(13-11-17)23(4)5/h6-13,15-16H,14H2,1-5H3,(H,22,24). The van der Waals surface area contributed by atoms with Crippen LogP contribution in [0.4, 0.5) is 5.69 Å². The summed E-state index contributed by atoms with van der Waals surface area (Å²) in [4.78, 5) is 14.4. The van der Waals surface area contributed by atoms with Gasteiger partial charge in [0.1, 0.15) is 5.75 Å². The van der Waals surface area contributed by atoms with Crippen molar-refractivity contribution in [2.75, 3.05) is 19.0 Å². The molecule has 2 aromatic rings. The van der Waals surface area contributed by atoms with Crippen molar-refractivity contribution in [3.8, 4) is 5.75 Å². The van der Waals surface area contributed by atoms with Crippen LogP contribution in [0.5, 0.6) is 5.75 Å². The maximum absolute atomic E-state index is 12.3. The molecule has 0 bridgehead atoms. The highest BCUT2D eigenvalue weighted by atomic mass is 16.5. The average molecular weight is 340 g/mol. The number of nitrogens with one attached hydrogen (secondary N) is 1. The van der Waals surface area contributed by atoms with Crippen LogP contribution in [-0.2, 0) is 11.3 Å². The first kappa shape index (κ1) is 18.8. The van der Waals surface area contributed by atoms with Crippen LogP contribution in [-0.4, -0.2) is 26.1 Å². The first-order valence-electron chi connectivity index (χ1n) is 8.68. The molecule has 0 aliphatic heterocycles. The normalized spacial score (nSPS) is 11.9. The summed E-state index contributed by atoms with van der Waals surface area (Å²) in [5, 5.41) is 2.94. The fraction of sp³-hybridized carbons (Fsp3) is 0.381. The second kappa shape index (κ2) is 8.56. The molecule has 0 radical (unpaired) electrons. The van der Waals surface area contributed by atoms with Crippen LogP contribution in [0.25, 0.3) is 0 Å². The van der Waals surface area contributed by atoms with Gasteiger partial charge in [0.15, 0.2) is 6.10 Å². The van der Waals surface area contributed by atoms with Gasteiger partial charge in [0, 0.05) is 26.3 Å². The van der Waals surface area contributed by atoms with E-state index in [9.17, 15) is 4.79 Å². The van der Waals surface area contributed by atoms with E-state index in [1.54, 1.807) is 6.92 Å². The molecule has 134 valence electrons. The number of anilines is 1. The summed E-state index contributed by atoms with van der Waals surface area (Å²) in [5.41, 5.74) is 3.31. The van der Waals surface area contributed by atoms with Gasteiger partial charge in [-0.2, -0.15) is 0 Å². The Labute approximate surface area is 150 Å². The van der Waals surface area contributed by atoms with Crippen molar-refractivity contribution in [1.29, 1.82) is 0 Å². The molecule has 1 N–H and O–H groups in total. The Morgan fingerprint density at radius 3 is 2.28 bits per heavy atom. The van der Waals surface area contributed by atoms with E-state index in [4.69, 9.17) is 4.74 Å². The number of para-hydroxylation sites is 1. The van der Waals surface area contributed by atoms with E-state index in [1.165, 1.54) is 0 Å². The van der Waals surface area contributed by atoms with Gasteiger partial charge >= 0.3 is 0 Å². The van der Waals surface area contributed by atoms with Crippen molar-refractivity contribution in [2.24, 2.45) is 0 Å². The van der Waals surface area contributed by atoms with Gasteiger partial charge in [0.05, 0.1) is 0 Å². The van der Waals surface area contributed by atoms with Crippen LogP contribution in [0, 0.1) is 0 Å². The van der Waals surface area contributed by atoms with Crippen molar-refractivity contribution in [3.63, 3.8) is 0 Å². The molecule has 2 rings (SSSR count). The molecule has 0 saturated carbocycles. The van der Waals surface area contributed by atoms with E-state index >= 15 is 0 Å². The number of carbonyl (C=O) groups is 1. The molecular weight excluding hydrogens is 312 g/mol. The first-order chi connectivity index (χ1) is 11.9. The zero-order valence-corrected chi connectivity index (χ0v) is 15.7. The van der Waals surface area contributed by atoms with E-state index in [2.05, 4.69) is 19.2 Å². The second-order valence-electron chi connectivity index (χ2n) is 6.73. The summed E-state index contributed by atoms with van der Waals surface area (Å²) in [7, 11) is 4.01. The summed E-state index contributed by atoms with van der Waals surface area (Å²) >= 11 is 0. The molecule has 1 unspecified atom stereocenters. The lowest BCUT2D eigenvalue weighted by Gasteiger charge is -2.19. The Balaban J connectivity index is 1.92. The maximum Gasteiger partial charge on any atom is 0.261 e. The third kappa shape index (κ3) is 5.24. The predicted molar refractivity (Wildman–Crippen MR) is 103 cm³/mol. The Morgan fingerprint density at radius 2 is 1.68 bits per heavy atom. The van der Waals surface area contributed by atoms with E-state index in [-0.39, 0.29) is 5.91 Å². The van der Waals surface area contributed by atoms with Crippen molar-refractivity contribution >= 4 is 11.6 Å². The molecule has 0 heterocycles. The van der Waals surface area contributed by atoms with Gasteiger partial charge in [0.25, 0.3) is 5.91 Å². The number of ether oxygens (including phenoxy) is 1. The highest BCUT2D eigenvalue weighted by molar-refractivity contribution is 5.80. The van der Waals surface area contributed by atoms with E-state index in [0.29, 0.717) is 12.5 Å².